The average molecular weight is 288 g/mol. The van der Waals surface area contributed by atoms with Gasteiger partial charge in [-0.3, -0.25) is 0 Å². The minimum Gasteiger partial charge on any atom is -0.495 e. The first-order chi connectivity index (χ1) is 10.2. The Kier molecular flexibility index (Phi) is 5.26. The number of carbonyl (C=O) groups is 1. The van der Waals surface area contributed by atoms with Crippen molar-refractivity contribution < 1.29 is 9.53 Å². The third-order valence-electron chi connectivity index (χ3n) is 3.86. The maximum atomic E-state index is 12.5. The van der Waals surface area contributed by atoms with Crippen LogP contribution in [-0.4, -0.2) is 30.6 Å². The van der Waals surface area contributed by atoms with Gasteiger partial charge in [0.15, 0.2) is 0 Å². The quantitative estimate of drug-likeness (QED) is 0.833. The molecule has 2 rings (SSSR count). The molecule has 1 aromatic carbocycles. The fraction of sp³-hybridized carbons (Fsp3) is 0.471. The lowest BCUT2D eigenvalue weighted by molar-refractivity contribution is 0.208. The zero-order chi connectivity index (χ0) is 15.2. The molecule has 21 heavy (non-hydrogen) atoms. The van der Waals surface area contributed by atoms with Crippen LogP contribution in [0.1, 0.15) is 31.7 Å². The van der Waals surface area contributed by atoms with E-state index in [2.05, 4.69) is 24.4 Å². The van der Waals surface area contributed by atoms with Crippen LogP contribution >= 0.6 is 0 Å². The van der Waals surface area contributed by atoms with Gasteiger partial charge in [0.2, 0.25) is 0 Å². The van der Waals surface area contributed by atoms with Gasteiger partial charge in [0.05, 0.1) is 18.8 Å². The Morgan fingerprint density at radius 1 is 1.48 bits per heavy atom. The molecule has 1 aliphatic heterocycles. The van der Waals surface area contributed by atoms with Crippen LogP contribution in [0.25, 0.3) is 0 Å². The van der Waals surface area contributed by atoms with Crippen LogP contribution in [0, 0.1) is 6.92 Å². The van der Waals surface area contributed by atoms with Crippen LogP contribution in [0.2, 0.25) is 0 Å². The van der Waals surface area contributed by atoms with E-state index < -0.39 is 0 Å². The van der Waals surface area contributed by atoms with E-state index in [4.69, 9.17) is 4.74 Å². The highest BCUT2D eigenvalue weighted by Gasteiger charge is 2.25. The molecular weight excluding hydrogens is 264 g/mol. The van der Waals surface area contributed by atoms with Crippen molar-refractivity contribution in [2.45, 2.75) is 39.2 Å². The number of anilines is 1. The highest BCUT2D eigenvalue weighted by molar-refractivity contribution is 5.92. The summed E-state index contributed by atoms with van der Waals surface area (Å²) in [5.41, 5.74) is 1.76. The van der Waals surface area contributed by atoms with Crippen molar-refractivity contribution in [2.75, 3.05) is 19.0 Å². The summed E-state index contributed by atoms with van der Waals surface area (Å²) in [6, 6.07) is 5.90. The van der Waals surface area contributed by atoms with Crippen LogP contribution in [-0.2, 0) is 0 Å². The molecule has 0 saturated carbocycles. The molecule has 0 spiro atoms. The second kappa shape index (κ2) is 7.16. The van der Waals surface area contributed by atoms with Gasteiger partial charge in [0, 0.05) is 6.54 Å². The number of benzene rings is 1. The number of amides is 2. The molecule has 1 aromatic rings. The SMILES string of the molecule is CCCC[C@@H]1C=CCN1C(=O)Nc1c(C)cccc1OC. The molecule has 1 N–H and O–H groups in total. The lowest BCUT2D eigenvalue weighted by Gasteiger charge is -2.25. The molecule has 0 aliphatic carbocycles. The Bertz CT molecular complexity index is 526. The molecule has 0 radical (unpaired) electrons. The number of aryl methyl sites for hydroxylation is 1. The van der Waals surface area contributed by atoms with Gasteiger partial charge >= 0.3 is 6.03 Å². The summed E-state index contributed by atoms with van der Waals surface area (Å²) in [6.07, 6.45) is 7.49. The molecule has 4 heteroatoms. The average Bonchev–Trinajstić information content (AvgIpc) is 2.95. The van der Waals surface area contributed by atoms with Gasteiger partial charge in [-0.1, -0.05) is 44.1 Å². The summed E-state index contributed by atoms with van der Waals surface area (Å²) in [5, 5.41) is 3.00. The Morgan fingerprint density at radius 2 is 2.29 bits per heavy atom. The van der Waals surface area contributed by atoms with Crippen LogP contribution < -0.4 is 10.1 Å². The number of nitrogens with zero attached hydrogens (tertiary/aromatic N) is 1. The number of rotatable bonds is 5. The zero-order valence-electron chi connectivity index (χ0n) is 13.1. The minimum atomic E-state index is -0.0614. The monoisotopic (exact) mass is 288 g/mol. The predicted octanol–water partition coefficient (Wildman–Crippen LogP) is 3.97. The maximum Gasteiger partial charge on any atom is 0.322 e. The highest BCUT2D eigenvalue weighted by Crippen LogP contribution is 2.28. The predicted molar refractivity (Wildman–Crippen MR) is 85.9 cm³/mol. The first-order valence-electron chi connectivity index (χ1n) is 7.55. The number of ether oxygens (including phenoxy) is 1. The van der Waals surface area contributed by atoms with Gasteiger partial charge < -0.3 is 15.0 Å². The lowest BCUT2D eigenvalue weighted by Crippen LogP contribution is -2.39. The normalized spacial score (nSPS) is 17.1. The van der Waals surface area contributed by atoms with Crippen molar-refractivity contribution >= 4 is 11.7 Å². The standard InChI is InChI=1S/C17H24N2O2/c1-4-5-9-14-10-7-12-19(14)17(20)18-16-13(2)8-6-11-15(16)21-3/h6-8,10-11,14H,4-5,9,12H2,1-3H3,(H,18,20)/t14-/m1/s1. The largest absolute Gasteiger partial charge is 0.495 e. The second-order valence-corrected chi connectivity index (χ2v) is 5.37. The summed E-state index contributed by atoms with van der Waals surface area (Å²) >= 11 is 0. The van der Waals surface area contributed by atoms with E-state index in [1.807, 2.05) is 30.0 Å². The summed E-state index contributed by atoms with van der Waals surface area (Å²) < 4.78 is 5.33. The Morgan fingerprint density at radius 3 is 3.00 bits per heavy atom. The van der Waals surface area contributed by atoms with Crippen molar-refractivity contribution in [1.29, 1.82) is 0 Å². The van der Waals surface area contributed by atoms with Gasteiger partial charge in [-0.05, 0) is 25.0 Å². The molecule has 1 atom stereocenters. The molecule has 114 valence electrons. The molecule has 4 nitrogen and oxygen atoms in total. The van der Waals surface area contributed by atoms with Crippen molar-refractivity contribution in [3.63, 3.8) is 0 Å². The number of hydrogen-bond acceptors (Lipinski definition) is 2. The van der Waals surface area contributed by atoms with Crippen molar-refractivity contribution in [2.24, 2.45) is 0 Å². The highest BCUT2D eigenvalue weighted by atomic mass is 16.5. The first-order valence-corrected chi connectivity index (χ1v) is 7.55. The molecule has 0 saturated heterocycles. The zero-order valence-corrected chi connectivity index (χ0v) is 13.1. The van der Waals surface area contributed by atoms with Gasteiger partial charge in [-0.15, -0.1) is 0 Å². The van der Waals surface area contributed by atoms with Gasteiger partial charge in [0.25, 0.3) is 0 Å². The van der Waals surface area contributed by atoms with Crippen LogP contribution in [0.3, 0.4) is 0 Å². The number of unbranched alkanes of at least 4 members (excludes halogenated alkanes) is 1. The van der Waals surface area contributed by atoms with Crippen molar-refractivity contribution in [1.82, 2.24) is 4.90 Å². The van der Waals surface area contributed by atoms with Gasteiger partial charge in [-0.25, -0.2) is 4.79 Å². The molecule has 2 amide bonds. The van der Waals surface area contributed by atoms with Crippen LogP contribution in [0.15, 0.2) is 30.4 Å². The van der Waals surface area contributed by atoms with E-state index in [0.717, 1.165) is 30.5 Å². The van der Waals surface area contributed by atoms with E-state index in [9.17, 15) is 4.79 Å². The van der Waals surface area contributed by atoms with Crippen molar-refractivity contribution in [3.8, 4) is 5.75 Å². The molecule has 1 heterocycles. The third kappa shape index (κ3) is 3.57. The topological polar surface area (TPSA) is 41.6 Å². The molecule has 0 aromatic heterocycles. The number of carbonyl (C=O) groups excluding carboxylic acids is 1. The number of methoxy groups -OCH3 is 1. The van der Waals surface area contributed by atoms with E-state index in [1.54, 1.807) is 7.11 Å². The fourth-order valence-electron chi connectivity index (χ4n) is 2.62. The van der Waals surface area contributed by atoms with Gasteiger partial charge in [-0.2, -0.15) is 0 Å². The molecule has 0 bridgehead atoms. The fourth-order valence-corrected chi connectivity index (χ4v) is 2.62. The summed E-state index contributed by atoms with van der Waals surface area (Å²) in [7, 11) is 1.62. The lowest BCUT2D eigenvalue weighted by atomic mass is 10.1. The molecular formula is C17H24N2O2. The van der Waals surface area contributed by atoms with E-state index >= 15 is 0 Å². The Labute approximate surface area is 126 Å². The number of urea groups is 1. The molecule has 1 aliphatic rings. The number of para-hydroxylation sites is 1. The molecule has 0 fully saturated rings. The van der Waals surface area contributed by atoms with Gasteiger partial charge in [0.1, 0.15) is 5.75 Å². The molecule has 0 unspecified atom stereocenters. The summed E-state index contributed by atoms with van der Waals surface area (Å²) in [5.74, 6) is 0.695. The Hall–Kier alpha value is -1.97. The van der Waals surface area contributed by atoms with Crippen LogP contribution in [0.4, 0.5) is 10.5 Å². The third-order valence-corrected chi connectivity index (χ3v) is 3.86. The van der Waals surface area contributed by atoms with Crippen LogP contribution in [0.5, 0.6) is 5.75 Å². The maximum absolute atomic E-state index is 12.5. The Balaban J connectivity index is 2.08. The van der Waals surface area contributed by atoms with E-state index in [0.29, 0.717) is 12.3 Å². The van der Waals surface area contributed by atoms with Crippen molar-refractivity contribution in [3.05, 3.63) is 35.9 Å². The number of hydrogen-bond donors (Lipinski definition) is 1. The number of nitrogens with one attached hydrogen (secondary N) is 1. The van der Waals surface area contributed by atoms with E-state index in [-0.39, 0.29) is 12.1 Å². The summed E-state index contributed by atoms with van der Waals surface area (Å²) in [6.45, 7) is 4.81. The first kappa shape index (κ1) is 15.4. The summed E-state index contributed by atoms with van der Waals surface area (Å²) in [4.78, 5) is 14.4. The second-order valence-electron chi connectivity index (χ2n) is 5.37. The minimum absolute atomic E-state index is 0.0614. The van der Waals surface area contributed by atoms with E-state index in [1.165, 1.54) is 0 Å². The smallest absolute Gasteiger partial charge is 0.322 e.